The number of aliphatic hydroxyl groups is 1. The highest BCUT2D eigenvalue weighted by Crippen LogP contribution is 2.03. The summed E-state index contributed by atoms with van der Waals surface area (Å²) in [5.74, 6) is 0. The minimum atomic E-state index is 0.343. The van der Waals surface area contributed by atoms with Gasteiger partial charge < -0.3 is 5.11 Å². The summed E-state index contributed by atoms with van der Waals surface area (Å²) in [5, 5.41) is 8.59. The zero-order valence-corrected chi connectivity index (χ0v) is 10.1. The van der Waals surface area contributed by atoms with Gasteiger partial charge in [0.15, 0.2) is 0 Å². The van der Waals surface area contributed by atoms with Crippen LogP contribution in [0.5, 0.6) is 0 Å². The summed E-state index contributed by atoms with van der Waals surface area (Å²) in [5.41, 5.74) is 0. The molecule has 0 bridgehead atoms. The van der Waals surface area contributed by atoms with Crippen molar-refractivity contribution in [3.05, 3.63) is 24.3 Å². The first-order valence-electron chi connectivity index (χ1n) is 6.34. The molecular formula is C14H26O. The summed E-state index contributed by atoms with van der Waals surface area (Å²) in [7, 11) is 0. The number of hydrogen-bond donors (Lipinski definition) is 1. The molecule has 0 saturated heterocycles. The van der Waals surface area contributed by atoms with Crippen molar-refractivity contribution in [1.82, 2.24) is 0 Å². The molecule has 0 rings (SSSR count). The van der Waals surface area contributed by atoms with E-state index >= 15 is 0 Å². The van der Waals surface area contributed by atoms with Crippen molar-refractivity contribution in [3.63, 3.8) is 0 Å². The van der Waals surface area contributed by atoms with Gasteiger partial charge in [-0.1, -0.05) is 56.9 Å². The minimum absolute atomic E-state index is 0.343. The number of aliphatic hydroxyl groups excluding tert-OH is 1. The predicted octanol–water partition coefficient (Wildman–Crippen LogP) is 4.23. The van der Waals surface area contributed by atoms with Crippen LogP contribution < -0.4 is 0 Å². The molecule has 15 heavy (non-hydrogen) atoms. The second kappa shape index (κ2) is 13.4. The second-order valence-corrected chi connectivity index (χ2v) is 3.93. The molecule has 1 nitrogen and oxygen atoms in total. The van der Waals surface area contributed by atoms with E-state index in [0.29, 0.717) is 6.61 Å². The van der Waals surface area contributed by atoms with Crippen molar-refractivity contribution < 1.29 is 5.11 Å². The van der Waals surface area contributed by atoms with E-state index in [2.05, 4.69) is 31.2 Å². The molecule has 0 aromatic carbocycles. The molecule has 1 heteroatoms. The van der Waals surface area contributed by atoms with Crippen LogP contribution in [0.1, 0.15) is 58.3 Å². The van der Waals surface area contributed by atoms with Crippen molar-refractivity contribution in [2.75, 3.05) is 6.61 Å². The third-order valence-corrected chi connectivity index (χ3v) is 2.39. The number of unbranched alkanes of at least 4 members (excludes halogenated alkanes) is 6. The van der Waals surface area contributed by atoms with Crippen LogP contribution in [0, 0.1) is 0 Å². The maximum Gasteiger partial charge on any atom is 0.0431 e. The predicted molar refractivity (Wildman–Crippen MR) is 68.0 cm³/mol. The number of hydrogen-bond acceptors (Lipinski definition) is 1. The SMILES string of the molecule is CCCCC=CC=CCCCCCCO. The Balaban J connectivity index is 3.13. The van der Waals surface area contributed by atoms with Crippen LogP contribution in [0.3, 0.4) is 0 Å². The molecule has 0 amide bonds. The van der Waals surface area contributed by atoms with Crippen molar-refractivity contribution in [2.24, 2.45) is 0 Å². The monoisotopic (exact) mass is 210 g/mol. The Bertz CT molecular complexity index is 159. The Morgan fingerprint density at radius 3 is 2.00 bits per heavy atom. The standard InChI is InChI=1S/C14H26O/c1-2-3-4-5-6-7-8-9-10-11-12-13-14-15/h5-8,15H,2-4,9-14H2,1H3. The van der Waals surface area contributed by atoms with Crippen LogP contribution in [0.4, 0.5) is 0 Å². The van der Waals surface area contributed by atoms with Gasteiger partial charge in [-0.25, -0.2) is 0 Å². The van der Waals surface area contributed by atoms with E-state index in [1.54, 1.807) is 0 Å². The first kappa shape index (κ1) is 14.4. The van der Waals surface area contributed by atoms with Crippen molar-refractivity contribution in [1.29, 1.82) is 0 Å². The van der Waals surface area contributed by atoms with Crippen LogP contribution in [0.2, 0.25) is 0 Å². The fourth-order valence-corrected chi connectivity index (χ4v) is 1.40. The smallest absolute Gasteiger partial charge is 0.0431 e. The Kier molecular flexibility index (Phi) is 12.9. The van der Waals surface area contributed by atoms with E-state index in [0.717, 1.165) is 12.8 Å². The molecule has 0 radical (unpaired) electrons. The van der Waals surface area contributed by atoms with E-state index in [1.807, 2.05) is 0 Å². The van der Waals surface area contributed by atoms with Gasteiger partial charge in [0.2, 0.25) is 0 Å². The van der Waals surface area contributed by atoms with Gasteiger partial charge in [-0.3, -0.25) is 0 Å². The first-order valence-corrected chi connectivity index (χ1v) is 6.34. The molecule has 0 atom stereocenters. The Hall–Kier alpha value is -0.560. The van der Waals surface area contributed by atoms with Gasteiger partial charge in [0, 0.05) is 6.61 Å². The molecule has 0 aliphatic rings. The lowest BCUT2D eigenvalue weighted by molar-refractivity contribution is 0.282. The van der Waals surface area contributed by atoms with E-state index in [1.165, 1.54) is 38.5 Å². The highest BCUT2D eigenvalue weighted by molar-refractivity contribution is 5.02. The largest absolute Gasteiger partial charge is 0.396 e. The molecular weight excluding hydrogens is 184 g/mol. The Labute approximate surface area is 94.9 Å². The van der Waals surface area contributed by atoms with Gasteiger partial charge in [-0.05, 0) is 25.7 Å². The molecule has 0 fully saturated rings. The fourth-order valence-electron chi connectivity index (χ4n) is 1.40. The molecule has 88 valence electrons. The van der Waals surface area contributed by atoms with Gasteiger partial charge in [-0.15, -0.1) is 0 Å². The molecule has 0 spiro atoms. The summed E-state index contributed by atoms with van der Waals surface area (Å²) in [6.07, 6.45) is 18.4. The average molecular weight is 210 g/mol. The van der Waals surface area contributed by atoms with Crippen LogP contribution in [-0.2, 0) is 0 Å². The second-order valence-electron chi connectivity index (χ2n) is 3.93. The molecule has 1 N–H and O–H groups in total. The molecule has 0 heterocycles. The fraction of sp³-hybridized carbons (Fsp3) is 0.714. The quantitative estimate of drug-likeness (QED) is 0.422. The zero-order valence-electron chi connectivity index (χ0n) is 10.1. The van der Waals surface area contributed by atoms with Crippen LogP contribution in [0.15, 0.2) is 24.3 Å². The van der Waals surface area contributed by atoms with Gasteiger partial charge in [-0.2, -0.15) is 0 Å². The molecule has 0 saturated carbocycles. The summed E-state index contributed by atoms with van der Waals surface area (Å²) < 4.78 is 0. The zero-order chi connectivity index (χ0) is 11.2. The van der Waals surface area contributed by atoms with E-state index in [-0.39, 0.29) is 0 Å². The van der Waals surface area contributed by atoms with Crippen LogP contribution >= 0.6 is 0 Å². The lowest BCUT2D eigenvalue weighted by Crippen LogP contribution is -1.82. The van der Waals surface area contributed by atoms with Gasteiger partial charge in [0.05, 0.1) is 0 Å². The van der Waals surface area contributed by atoms with Crippen molar-refractivity contribution in [2.45, 2.75) is 58.3 Å². The minimum Gasteiger partial charge on any atom is -0.396 e. The maximum absolute atomic E-state index is 8.59. The summed E-state index contributed by atoms with van der Waals surface area (Å²) in [6.45, 7) is 2.56. The highest BCUT2D eigenvalue weighted by atomic mass is 16.2. The lowest BCUT2D eigenvalue weighted by Gasteiger charge is -1.95. The van der Waals surface area contributed by atoms with Crippen LogP contribution in [0.25, 0.3) is 0 Å². The third kappa shape index (κ3) is 13.4. The Morgan fingerprint density at radius 1 is 0.800 bits per heavy atom. The maximum atomic E-state index is 8.59. The third-order valence-electron chi connectivity index (χ3n) is 2.39. The number of rotatable bonds is 10. The van der Waals surface area contributed by atoms with Gasteiger partial charge in [0.1, 0.15) is 0 Å². The topological polar surface area (TPSA) is 20.2 Å². The molecule has 0 aliphatic heterocycles. The molecule has 0 aromatic heterocycles. The van der Waals surface area contributed by atoms with Crippen molar-refractivity contribution in [3.8, 4) is 0 Å². The highest BCUT2D eigenvalue weighted by Gasteiger charge is 1.86. The molecule has 0 unspecified atom stereocenters. The van der Waals surface area contributed by atoms with Gasteiger partial charge >= 0.3 is 0 Å². The summed E-state index contributed by atoms with van der Waals surface area (Å²) in [6, 6.07) is 0. The molecule has 0 aromatic rings. The van der Waals surface area contributed by atoms with Crippen molar-refractivity contribution >= 4 is 0 Å². The normalized spacial score (nSPS) is 11.9. The lowest BCUT2D eigenvalue weighted by atomic mass is 10.1. The van der Waals surface area contributed by atoms with E-state index < -0.39 is 0 Å². The van der Waals surface area contributed by atoms with Crippen LogP contribution in [-0.4, -0.2) is 11.7 Å². The number of allylic oxidation sites excluding steroid dienone is 4. The van der Waals surface area contributed by atoms with E-state index in [4.69, 9.17) is 5.11 Å². The average Bonchev–Trinajstić information content (AvgIpc) is 2.26. The molecule has 0 aliphatic carbocycles. The summed E-state index contributed by atoms with van der Waals surface area (Å²) >= 11 is 0. The summed E-state index contributed by atoms with van der Waals surface area (Å²) in [4.78, 5) is 0. The van der Waals surface area contributed by atoms with E-state index in [9.17, 15) is 0 Å². The Morgan fingerprint density at radius 2 is 1.40 bits per heavy atom. The first-order chi connectivity index (χ1) is 7.41. The van der Waals surface area contributed by atoms with Gasteiger partial charge in [0.25, 0.3) is 0 Å².